The maximum Gasteiger partial charge on any atom is 0.335 e. The smallest absolute Gasteiger partial charge is 0.335 e. The lowest BCUT2D eigenvalue weighted by Gasteiger charge is -2.35. The molecule has 30 heavy (non-hydrogen) atoms. The largest absolute Gasteiger partial charge is 0.478 e. The van der Waals surface area contributed by atoms with Crippen LogP contribution in [0.4, 0.5) is 10.1 Å². The molecule has 3 aromatic rings. The zero-order valence-electron chi connectivity index (χ0n) is 16.8. The van der Waals surface area contributed by atoms with Crippen molar-refractivity contribution in [1.29, 1.82) is 0 Å². The van der Waals surface area contributed by atoms with E-state index in [1.807, 2.05) is 17.0 Å². The SMILES string of the molecule is C[C@@H](NCC1CN(c2cc(F)cc(C(=O)O)c2)CCO1)c1cccc2ccccc12. The molecule has 6 heteroatoms. The molecule has 0 spiro atoms. The van der Waals surface area contributed by atoms with Crippen LogP contribution in [0.25, 0.3) is 10.8 Å². The number of fused-ring (bicyclic) bond motifs is 1. The Kier molecular flexibility index (Phi) is 5.97. The topological polar surface area (TPSA) is 61.8 Å². The van der Waals surface area contributed by atoms with Gasteiger partial charge in [-0.15, -0.1) is 0 Å². The maximum atomic E-state index is 13.9. The summed E-state index contributed by atoms with van der Waals surface area (Å²) in [7, 11) is 0. The van der Waals surface area contributed by atoms with Gasteiger partial charge in [-0.3, -0.25) is 0 Å². The molecular formula is C24H25FN2O3. The van der Waals surface area contributed by atoms with E-state index in [-0.39, 0.29) is 17.7 Å². The summed E-state index contributed by atoms with van der Waals surface area (Å²) >= 11 is 0. The molecule has 2 N–H and O–H groups in total. The molecule has 0 aliphatic carbocycles. The maximum absolute atomic E-state index is 13.9. The van der Waals surface area contributed by atoms with E-state index < -0.39 is 11.8 Å². The van der Waals surface area contributed by atoms with E-state index in [0.717, 1.165) is 6.07 Å². The number of benzene rings is 3. The number of ether oxygens (including phenoxy) is 1. The summed E-state index contributed by atoms with van der Waals surface area (Å²) in [4.78, 5) is 13.2. The van der Waals surface area contributed by atoms with Crippen LogP contribution in [-0.4, -0.2) is 43.4 Å². The Bertz CT molecular complexity index is 1050. The molecule has 1 fully saturated rings. The van der Waals surface area contributed by atoms with Crippen molar-refractivity contribution in [1.82, 2.24) is 5.32 Å². The molecule has 2 atom stereocenters. The minimum atomic E-state index is -1.13. The van der Waals surface area contributed by atoms with E-state index in [1.165, 1.54) is 28.5 Å². The zero-order valence-corrected chi connectivity index (χ0v) is 16.8. The van der Waals surface area contributed by atoms with Crippen molar-refractivity contribution >= 4 is 22.4 Å². The number of aromatic carboxylic acids is 1. The Labute approximate surface area is 175 Å². The summed E-state index contributed by atoms with van der Waals surface area (Å²) in [5.41, 5.74) is 1.76. The average molecular weight is 408 g/mol. The van der Waals surface area contributed by atoms with Crippen molar-refractivity contribution in [2.24, 2.45) is 0 Å². The van der Waals surface area contributed by atoms with E-state index in [1.54, 1.807) is 0 Å². The van der Waals surface area contributed by atoms with Crippen molar-refractivity contribution in [3.8, 4) is 0 Å². The van der Waals surface area contributed by atoms with Gasteiger partial charge >= 0.3 is 5.97 Å². The first-order valence-corrected chi connectivity index (χ1v) is 10.1. The Morgan fingerprint density at radius 2 is 2.03 bits per heavy atom. The van der Waals surface area contributed by atoms with Gasteiger partial charge in [0.1, 0.15) is 5.82 Å². The number of carbonyl (C=O) groups is 1. The number of carboxylic acids is 1. The fourth-order valence-electron chi connectivity index (χ4n) is 4.00. The van der Waals surface area contributed by atoms with Crippen LogP contribution in [0.15, 0.2) is 60.7 Å². The van der Waals surface area contributed by atoms with Crippen LogP contribution >= 0.6 is 0 Å². The molecule has 0 amide bonds. The third-order valence-electron chi connectivity index (χ3n) is 5.58. The van der Waals surface area contributed by atoms with Crippen LogP contribution in [0.1, 0.15) is 28.9 Å². The monoisotopic (exact) mass is 408 g/mol. The van der Waals surface area contributed by atoms with Gasteiger partial charge in [0.05, 0.1) is 18.3 Å². The molecule has 156 valence electrons. The first kappa shape index (κ1) is 20.3. The molecule has 0 aromatic heterocycles. The number of carboxylic acid groups (broad SMARTS) is 1. The summed E-state index contributed by atoms with van der Waals surface area (Å²) < 4.78 is 19.8. The minimum Gasteiger partial charge on any atom is -0.478 e. The summed E-state index contributed by atoms with van der Waals surface area (Å²) in [5, 5.41) is 15.2. The van der Waals surface area contributed by atoms with Gasteiger partial charge in [0.15, 0.2) is 0 Å². The van der Waals surface area contributed by atoms with Crippen molar-refractivity contribution in [2.75, 3.05) is 31.1 Å². The Morgan fingerprint density at radius 3 is 2.87 bits per heavy atom. The molecule has 3 aromatic carbocycles. The predicted molar refractivity (Wildman–Crippen MR) is 116 cm³/mol. The van der Waals surface area contributed by atoms with Crippen LogP contribution in [-0.2, 0) is 4.74 Å². The molecule has 1 saturated heterocycles. The Balaban J connectivity index is 1.43. The number of nitrogens with zero attached hydrogens (tertiary/aromatic N) is 1. The number of nitrogens with one attached hydrogen (secondary N) is 1. The van der Waals surface area contributed by atoms with Crippen LogP contribution in [0.3, 0.4) is 0 Å². The lowest BCUT2D eigenvalue weighted by molar-refractivity contribution is 0.0394. The van der Waals surface area contributed by atoms with E-state index in [9.17, 15) is 14.3 Å². The quantitative estimate of drug-likeness (QED) is 0.639. The number of halogens is 1. The van der Waals surface area contributed by atoms with E-state index >= 15 is 0 Å². The second-order valence-corrected chi connectivity index (χ2v) is 7.64. The summed E-state index contributed by atoms with van der Waals surface area (Å²) in [5.74, 6) is -1.68. The first-order chi connectivity index (χ1) is 14.5. The summed E-state index contributed by atoms with van der Waals surface area (Å²) in [6.45, 7) is 4.44. The highest BCUT2D eigenvalue weighted by molar-refractivity contribution is 5.89. The van der Waals surface area contributed by atoms with Crippen LogP contribution in [0, 0.1) is 5.82 Å². The van der Waals surface area contributed by atoms with Gasteiger partial charge in [-0.25, -0.2) is 9.18 Å². The fraction of sp³-hybridized carbons (Fsp3) is 0.292. The number of morpholine rings is 1. The average Bonchev–Trinajstić information content (AvgIpc) is 2.77. The molecule has 5 nitrogen and oxygen atoms in total. The second kappa shape index (κ2) is 8.81. The summed E-state index contributed by atoms with van der Waals surface area (Å²) in [6, 6.07) is 18.7. The third-order valence-corrected chi connectivity index (χ3v) is 5.58. The molecule has 1 heterocycles. The van der Waals surface area contributed by atoms with Crippen molar-refractivity contribution < 1.29 is 19.0 Å². The number of rotatable bonds is 6. The Hall–Kier alpha value is -2.96. The molecular weight excluding hydrogens is 383 g/mol. The zero-order chi connectivity index (χ0) is 21.1. The summed E-state index contributed by atoms with van der Waals surface area (Å²) in [6.07, 6.45) is -0.0762. The standard InChI is InChI=1S/C24H25FN2O3/c1-16(22-8-4-6-17-5-2-3-7-23(17)22)26-14-21-15-27(9-10-30-21)20-12-18(24(28)29)11-19(25)13-20/h2-8,11-13,16,21,26H,9-10,14-15H2,1H3,(H,28,29)/t16-,21?/m1/s1. The number of hydrogen-bond acceptors (Lipinski definition) is 4. The van der Waals surface area contributed by atoms with E-state index in [0.29, 0.717) is 31.9 Å². The fourth-order valence-corrected chi connectivity index (χ4v) is 4.00. The number of anilines is 1. The van der Waals surface area contributed by atoms with Gasteiger partial charge in [0, 0.05) is 31.4 Å². The van der Waals surface area contributed by atoms with Gasteiger partial charge in [-0.05, 0) is 41.5 Å². The molecule has 0 saturated carbocycles. The molecule has 4 rings (SSSR count). The second-order valence-electron chi connectivity index (χ2n) is 7.64. The third kappa shape index (κ3) is 4.45. The van der Waals surface area contributed by atoms with Crippen molar-refractivity contribution in [3.05, 3.63) is 77.6 Å². The minimum absolute atomic E-state index is 0.0456. The molecule has 0 bridgehead atoms. The highest BCUT2D eigenvalue weighted by atomic mass is 19.1. The molecule has 1 aliphatic heterocycles. The van der Waals surface area contributed by atoms with Crippen molar-refractivity contribution in [2.45, 2.75) is 19.1 Å². The van der Waals surface area contributed by atoms with Gasteiger partial charge in [-0.2, -0.15) is 0 Å². The van der Waals surface area contributed by atoms with Crippen molar-refractivity contribution in [3.63, 3.8) is 0 Å². The molecule has 0 radical (unpaired) electrons. The highest BCUT2D eigenvalue weighted by Crippen LogP contribution is 2.25. The lowest BCUT2D eigenvalue weighted by atomic mass is 9.99. The van der Waals surface area contributed by atoms with E-state index in [4.69, 9.17) is 4.74 Å². The van der Waals surface area contributed by atoms with Crippen LogP contribution < -0.4 is 10.2 Å². The molecule has 1 unspecified atom stereocenters. The van der Waals surface area contributed by atoms with Crippen LogP contribution in [0.5, 0.6) is 0 Å². The normalized spacial score (nSPS) is 17.8. The van der Waals surface area contributed by atoms with Gasteiger partial charge < -0.3 is 20.1 Å². The van der Waals surface area contributed by atoms with E-state index in [2.05, 4.69) is 42.6 Å². The van der Waals surface area contributed by atoms with Gasteiger partial charge in [0.25, 0.3) is 0 Å². The highest BCUT2D eigenvalue weighted by Gasteiger charge is 2.23. The Morgan fingerprint density at radius 1 is 1.23 bits per heavy atom. The van der Waals surface area contributed by atoms with Crippen LogP contribution in [0.2, 0.25) is 0 Å². The first-order valence-electron chi connectivity index (χ1n) is 10.1. The lowest BCUT2D eigenvalue weighted by Crippen LogP contribution is -2.47. The van der Waals surface area contributed by atoms with Gasteiger partial charge in [-0.1, -0.05) is 42.5 Å². The number of hydrogen-bond donors (Lipinski definition) is 2. The predicted octanol–water partition coefficient (Wildman–Crippen LogP) is 4.23. The molecule has 1 aliphatic rings. The van der Waals surface area contributed by atoms with Gasteiger partial charge in [0.2, 0.25) is 0 Å².